The molecular formula is C30H32F5N3O5S. The lowest BCUT2D eigenvalue weighted by atomic mass is 10.00. The van der Waals surface area contributed by atoms with Crippen LogP contribution in [-0.4, -0.2) is 56.5 Å². The number of nitrogens with one attached hydrogen (secondary N) is 1. The largest absolute Gasteiger partial charge is 0.475 e. The Morgan fingerprint density at radius 2 is 1.77 bits per heavy atom. The lowest BCUT2D eigenvalue weighted by Gasteiger charge is -2.23. The maximum absolute atomic E-state index is 14.7. The van der Waals surface area contributed by atoms with Gasteiger partial charge in [0, 0.05) is 25.8 Å². The van der Waals surface area contributed by atoms with E-state index in [1.165, 1.54) is 13.2 Å². The first kappa shape index (κ1) is 33.3. The van der Waals surface area contributed by atoms with Crippen LogP contribution in [0.3, 0.4) is 0 Å². The highest BCUT2D eigenvalue weighted by Crippen LogP contribution is 2.36. The Morgan fingerprint density at radius 1 is 1.05 bits per heavy atom. The molecule has 1 fully saturated rings. The number of sulfonamides is 1. The van der Waals surface area contributed by atoms with Crippen LogP contribution in [0.15, 0.2) is 59.5 Å². The van der Waals surface area contributed by atoms with Gasteiger partial charge in [0.1, 0.15) is 30.0 Å². The quantitative estimate of drug-likeness (QED) is 0.205. The number of carbonyl (C=O) groups excluding carboxylic acids is 1. The number of nitrogens with zero attached hydrogens (tertiary/aromatic N) is 2. The van der Waals surface area contributed by atoms with Crippen LogP contribution < -0.4 is 10.1 Å². The van der Waals surface area contributed by atoms with Crippen LogP contribution >= 0.6 is 0 Å². The van der Waals surface area contributed by atoms with Crippen LogP contribution in [0.25, 0.3) is 11.1 Å². The molecule has 0 spiro atoms. The molecule has 1 aliphatic heterocycles. The second-order valence-corrected chi connectivity index (χ2v) is 12.3. The van der Waals surface area contributed by atoms with E-state index < -0.39 is 45.5 Å². The Labute approximate surface area is 252 Å². The minimum atomic E-state index is -4.73. The highest BCUT2D eigenvalue weighted by molar-refractivity contribution is 7.89. The average Bonchev–Trinajstić information content (AvgIpc) is 3.41. The summed E-state index contributed by atoms with van der Waals surface area (Å²) in [6, 6.07) is 8.90. The topological polar surface area (TPSA) is 97.8 Å². The van der Waals surface area contributed by atoms with E-state index in [1.54, 1.807) is 0 Å². The maximum Gasteiger partial charge on any atom is 0.433 e. The predicted octanol–water partition coefficient (Wildman–Crippen LogP) is 5.57. The molecule has 0 aliphatic carbocycles. The van der Waals surface area contributed by atoms with Gasteiger partial charge >= 0.3 is 6.18 Å². The fourth-order valence-corrected chi connectivity index (χ4v) is 6.79. The second kappa shape index (κ2) is 14.0. The van der Waals surface area contributed by atoms with E-state index in [-0.39, 0.29) is 66.1 Å². The first-order chi connectivity index (χ1) is 20.8. The van der Waals surface area contributed by atoms with Crippen molar-refractivity contribution >= 4 is 15.9 Å². The molecular weight excluding hydrogens is 609 g/mol. The fraction of sp³-hybridized carbons (Fsp3) is 0.400. The fourth-order valence-electron chi connectivity index (χ4n) is 5.12. The Kier molecular flexibility index (Phi) is 10.6. The monoisotopic (exact) mass is 641 g/mol. The number of alkyl halides is 3. The van der Waals surface area contributed by atoms with Gasteiger partial charge in [0.2, 0.25) is 21.8 Å². The molecule has 0 bridgehead atoms. The lowest BCUT2D eigenvalue weighted by Crippen LogP contribution is -2.45. The van der Waals surface area contributed by atoms with Crippen molar-refractivity contribution in [3.63, 3.8) is 0 Å². The van der Waals surface area contributed by atoms with Gasteiger partial charge in [-0.15, -0.1) is 0 Å². The van der Waals surface area contributed by atoms with E-state index in [9.17, 15) is 35.2 Å². The van der Waals surface area contributed by atoms with Gasteiger partial charge in [-0.2, -0.15) is 17.5 Å². The lowest BCUT2D eigenvalue weighted by molar-refractivity contribution is -0.141. The van der Waals surface area contributed by atoms with Gasteiger partial charge in [0.05, 0.1) is 11.5 Å². The second-order valence-electron chi connectivity index (χ2n) is 10.4. The third kappa shape index (κ3) is 7.90. The smallest absolute Gasteiger partial charge is 0.433 e. The standard InChI is InChI=1S/C30H32F5N3O5S/c1-3-4-19-15-26(38(18-19)44(40,41)24-7-5-22(31)6-8-24)28(39)36-17-20-13-21(16-23(32)14-20)25-9-10-27(30(33,34)35)37-29(25)43-12-11-42-2/h5-10,13-14,16,19,26H,3-4,11-12,15,17-18H2,1-2H3,(H,36,39). The summed E-state index contributed by atoms with van der Waals surface area (Å²) < 4.78 is 106. The zero-order chi connectivity index (χ0) is 32.1. The molecule has 1 aliphatic rings. The number of benzene rings is 2. The number of carbonyl (C=O) groups is 1. The van der Waals surface area contributed by atoms with Crippen LogP contribution in [0, 0.1) is 17.6 Å². The number of pyridine rings is 1. The average molecular weight is 642 g/mol. The van der Waals surface area contributed by atoms with Gasteiger partial charge < -0.3 is 14.8 Å². The van der Waals surface area contributed by atoms with Crippen molar-refractivity contribution in [2.45, 2.75) is 49.8 Å². The number of halogens is 5. The summed E-state index contributed by atoms with van der Waals surface area (Å²) in [5.41, 5.74) is -0.661. The summed E-state index contributed by atoms with van der Waals surface area (Å²) >= 11 is 0. The van der Waals surface area contributed by atoms with E-state index in [2.05, 4.69) is 10.3 Å². The molecule has 3 aromatic rings. The van der Waals surface area contributed by atoms with Crippen LogP contribution in [0.1, 0.15) is 37.4 Å². The van der Waals surface area contributed by atoms with Crippen molar-refractivity contribution in [3.8, 4) is 17.0 Å². The van der Waals surface area contributed by atoms with E-state index in [4.69, 9.17) is 9.47 Å². The van der Waals surface area contributed by atoms with Crippen molar-refractivity contribution < 1.29 is 44.6 Å². The Hall–Kier alpha value is -3.62. The van der Waals surface area contributed by atoms with Crippen molar-refractivity contribution in [2.75, 3.05) is 26.9 Å². The highest BCUT2D eigenvalue weighted by atomic mass is 32.2. The molecule has 2 unspecified atom stereocenters. The first-order valence-corrected chi connectivity index (χ1v) is 15.3. The SMILES string of the molecule is CCCC1CC(C(=O)NCc2cc(F)cc(-c3ccc(C(F)(F)F)nc3OCCOC)c2)N(S(=O)(=O)c2ccc(F)cc2)C1. The molecule has 238 valence electrons. The highest BCUT2D eigenvalue weighted by Gasteiger charge is 2.43. The zero-order valence-electron chi connectivity index (χ0n) is 24.0. The number of methoxy groups -OCH3 is 1. The molecule has 2 heterocycles. The van der Waals surface area contributed by atoms with Crippen LogP contribution in [0.4, 0.5) is 22.0 Å². The van der Waals surface area contributed by atoms with E-state index in [0.29, 0.717) is 6.42 Å². The van der Waals surface area contributed by atoms with Gasteiger partial charge in [0.15, 0.2) is 0 Å². The number of ether oxygens (including phenoxy) is 2. The van der Waals surface area contributed by atoms with Crippen molar-refractivity contribution in [2.24, 2.45) is 5.92 Å². The molecule has 1 saturated heterocycles. The minimum Gasteiger partial charge on any atom is -0.475 e. The maximum atomic E-state index is 14.7. The third-order valence-corrected chi connectivity index (χ3v) is 9.06. The number of hydrogen-bond donors (Lipinski definition) is 1. The minimum absolute atomic E-state index is 0.0737. The molecule has 2 aromatic carbocycles. The van der Waals surface area contributed by atoms with Crippen LogP contribution in [0.2, 0.25) is 0 Å². The Bertz CT molecular complexity index is 1570. The van der Waals surface area contributed by atoms with E-state index in [0.717, 1.165) is 59.3 Å². The Balaban J connectivity index is 1.57. The van der Waals surface area contributed by atoms with Crippen molar-refractivity contribution in [1.82, 2.24) is 14.6 Å². The molecule has 4 rings (SSSR count). The van der Waals surface area contributed by atoms with Gasteiger partial charge in [-0.25, -0.2) is 22.2 Å². The Morgan fingerprint density at radius 3 is 2.43 bits per heavy atom. The first-order valence-electron chi connectivity index (χ1n) is 13.9. The molecule has 1 N–H and O–H groups in total. The molecule has 2 atom stereocenters. The summed E-state index contributed by atoms with van der Waals surface area (Å²) in [4.78, 5) is 16.8. The van der Waals surface area contributed by atoms with Crippen molar-refractivity contribution in [1.29, 1.82) is 0 Å². The summed E-state index contributed by atoms with van der Waals surface area (Å²) in [6.07, 6.45) is -2.98. The normalized spacial score (nSPS) is 17.5. The molecule has 0 saturated carbocycles. The summed E-state index contributed by atoms with van der Waals surface area (Å²) in [5, 5.41) is 2.67. The van der Waals surface area contributed by atoms with Crippen LogP contribution in [-0.2, 0) is 32.3 Å². The van der Waals surface area contributed by atoms with Gasteiger partial charge in [-0.1, -0.05) is 13.3 Å². The third-order valence-electron chi connectivity index (χ3n) is 7.17. The molecule has 1 aromatic heterocycles. The number of aromatic nitrogens is 1. The zero-order valence-corrected chi connectivity index (χ0v) is 24.9. The summed E-state index contributed by atoms with van der Waals surface area (Å²) in [7, 11) is -2.73. The van der Waals surface area contributed by atoms with E-state index in [1.807, 2.05) is 6.92 Å². The molecule has 1 amide bonds. The number of amides is 1. The molecule has 8 nitrogen and oxygen atoms in total. The van der Waals surface area contributed by atoms with E-state index >= 15 is 0 Å². The van der Waals surface area contributed by atoms with Crippen LogP contribution in [0.5, 0.6) is 5.88 Å². The van der Waals surface area contributed by atoms with Gasteiger partial charge in [0.25, 0.3) is 0 Å². The number of rotatable bonds is 12. The molecule has 0 radical (unpaired) electrons. The number of hydrogen-bond acceptors (Lipinski definition) is 6. The summed E-state index contributed by atoms with van der Waals surface area (Å²) in [6.45, 7) is 1.84. The predicted molar refractivity (Wildman–Crippen MR) is 151 cm³/mol. The van der Waals surface area contributed by atoms with Gasteiger partial charge in [-0.3, -0.25) is 4.79 Å². The summed E-state index contributed by atoms with van der Waals surface area (Å²) in [5.74, 6) is -2.36. The molecule has 44 heavy (non-hydrogen) atoms. The van der Waals surface area contributed by atoms with Gasteiger partial charge in [-0.05, 0) is 84.5 Å². The molecule has 14 heteroatoms. The van der Waals surface area contributed by atoms with Crippen molar-refractivity contribution in [3.05, 3.63) is 77.5 Å².